The SMILES string of the molecule is CCCNc1nc(NCC(CC)(CC)CO)c(F)cc1F. The van der Waals surface area contributed by atoms with Gasteiger partial charge in [0.05, 0.1) is 6.61 Å². The van der Waals surface area contributed by atoms with Crippen molar-refractivity contribution in [3.05, 3.63) is 17.7 Å². The molecule has 6 heteroatoms. The number of aliphatic hydroxyl groups is 1. The lowest BCUT2D eigenvalue weighted by Gasteiger charge is -2.29. The number of hydrogen-bond donors (Lipinski definition) is 3. The molecule has 0 aliphatic heterocycles. The Morgan fingerprint density at radius 1 is 1.10 bits per heavy atom. The number of aliphatic hydroxyl groups excluding tert-OH is 1. The van der Waals surface area contributed by atoms with Crippen molar-refractivity contribution in [2.24, 2.45) is 5.41 Å². The maximum Gasteiger partial charge on any atom is 0.168 e. The lowest BCUT2D eigenvalue weighted by atomic mass is 9.83. The minimum absolute atomic E-state index is 0.00901. The summed E-state index contributed by atoms with van der Waals surface area (Å²) in [5.74, 6) is -1.38. The molecule has 21 heavy (non-hydrogen) atoms. The second-order valence-corrected chi connectivity index (χ2v) is 5.29. The molecule has 1 aromatic heterocycles. The van der Waals surface area contributed by atoms with Crippen molar-refractivity contribution in [1.82, 2.24) is 4.98 Å². The molecule has 0 aliphatic rings. The Labute approximate surface area is 125 Å². The van der Waals surface area contributed by atoms with E-state index in [2.05, 4.69) is 15.6 Å². The summed E-state index contributed by atoms with van der Waals surface area (Å²) in [5, 5.41) is 15.2. The average Bonchev–Trinajstić information content (AvgIpc) is 2.49. The molecule has 0 aliphatic carbocycles. The molecule has 0 spiro atoms. The van der Waals surface area contributed by atoms with Gasteiger partial charge in [-0.15, -0.1) is 0 Å². The standard InChI is InChI=1S/C15H25F2N3O/c1-4-7-18-13-11(16)8-12(17)14(20-13)19-9-15(5-2,6-3)10-21/h8,21H,4-7,9-10H2,1-3H3,(H2,18,19,20). The van der Waals surface area contributed by atoms with Crippen molar-refractivity contribution in [2.75, 3.05) is 30.3 Å². The monoisotopic (exact) mass is 301 g/mol. The quantitative estimate of drug-likeness (QED) is 0.654. The van der Waals surface area contributed by atoms with Crippen molar-refractivity contribution in [3.8, 4) is 0 Å². The normalized spacial score (nSPS) is 11.5. The van der Waals surface area contributed by atoms with Crippen molar-refractivity contribution < 1.29 is 13.9 Å². The van der Waals surface area contributed by atoms with Crippen LogP contribution in [-0.2, 0) is 0 Å². The van der Waals surface area contributed by atoms with E-state index in [1.54, 1.807) is 0 Å². The van der Waals surface area contributed by atoms with Gasteiger partial charge in [0, 0.05) is 24.6 Å². The van der Waals surface area contributed by atoms with Crippen LogP contribution in [0.1, 0.15) is 40.0 Å². The molecule has 1 aromatic rings. The summed E-state index contributed by atoms with van der Waals surface area (Å²) in [7, 11) is 0. The van der Waals surface area contributed by atoms with Gasteiger partial charge in [-0.2, -0.15) is 0 Å². The molecular formula is C15H25F2N3O. The molecule has 0 saturated heterocycles. The lowest BCUT2D eigenvalue weighted by Crippen LogP contribution is -2.32. The molecule has 0 radical (unpaired) electrons. The zero-order chi connectivity index (χ0) is 15.9. The van der Waals surface area contributed by atoms with E-state index < -0.39 is 11.6 Å². The summed E-state index contributed by atoms with van der Waals surface area (Å²) in [4.78, 5) is 3.96. The maximum absolute atomic E-state index is 13.8. The van der Waals surface area contributed by atoms with E-state index in [1.807, 2.05) is 20.8 Å². The van der Waals surface area contributed by atoms with Crippen LogP contribution < -0.4 is 10.6 Å². The van der Waals surface area contributed by atoms with Crippen LogP contribution in [0.15, 0.2) is 6.07 Å². The summed E-state index contributed by atoms with van der Waals surface area (Å²) in [5.41, 5.74) is -0.320. The third kappa shape index (κ3) is 4.52. The number of nitrogens with zero attached hydrogens (tertiary/aromatic N) is 1. The average molecular weight is 301 g/mol. The highest BCUT2D eigenvalue weighted by Crippen LogP contribution is 2.27. The Morgan fingerprint density at radius 2 is 1.67 bits per heavy atom. The first-order valence-corrected chi connectivity index (χ1v) is 7.46. The molecule has 1 rings (SSSR count). The first-order chi connectivity index (χ1) is 10.0. The van der Waals surface area contributed by atoms with E-state index >= 15 is 0 Å². The molecule has 120 valence electrons. The number of aromatic nitrogens is 1. The third-order valence-corrected chi connectivity index (χ3v) is 3.94. The van der Waals surface area contributed by atoms with E-state index in [9.17, 15) is 13.9 Å². The van der Waals surface area contributed by atoms with Crippen LogP contribution in [0.5, 0.6) is 0 Å². The van der Waals surface area contributed by atoms with Crippen LogP contribution in [0.3, 0.4) is 0 Å². The Kier molecular flexibility index (Phi) is 6.81. The highest BCUT2D eigenvalue weighted by atomic mass is 19.1. The predicted octanol–water partition coefficient (Wildman–Crippen LogP) is 3.39. The van der Waals surface area contributed by atoms with Crippen LogP contribution in [-0.4, -0.2) is 29.8 Å². The number of halogens is 2. The van der Waals surface area contributed by atoms with Gasteiger partial charge in [-0.1, -0.05) is 20.8 Å². The number of nitrogens with one attached hydrogen (secondary N) is 2. The molecule has 0 unspecified atom stereocenters. The Morgan fingerprint density at radius 3 is 2.14 bits per heavy atom. The Bertz CT molecular complexity index is 443. The number of rotatable bonds is 9. The molecule has 0 bridgehead atoms. The molecule has 1 heterocycles. The predicted molar refractivity (Wildman–Crippen MR) is 81.5 cm³/mol. The van der Waals surface area contributed by atoms with E-state index in [4.69, 9.17) is 0 Å². The molecule has 4 nitrogen and oxygen atoms in total. The molecule has 0 amide bonds. The molecule has 0 atom stereocenters. The fourth-order valence-electron chi connectivity index (χ4n) is 2.01. The second kappa shape index (κ2) is 8.12. The van der Waals surface area contributed by atoms with Gasteiger partial charge in [0.1, 0.15) is 0 Å². The fraction of sp³-hybridized carbons (Fsp3) is 0.667. The topological polar surface area (TPSA) is 57.2 Å². The van der Waals surface area contributed by atoms with Crippen LogP contribution in [0.25, 0.3) is 0 Å². The van der Waals surface area contributed by atoms with Crippen molar-refractivity contribution in [3.63, 3.8) is 0 Å². The lowest BCUT2D eigenvalue weighted by molar-refractivity contribution is 0.127. The van der Waals surface area contributed by atoms with Crippen molar-refractivity contribution in [2.45, 2.75) is 40.0 Å². The van der Waals surface area contributed by atoms with Crippen LogP contribution >= 0.6 is 0 Å². The summed E-state index contributed by atoms with van der Waals surface area (Å²) >= 11 is 0. The summed E-state index contributed by atoms with van der Waals surface area (Å²) in [6, 6.07) is 0.825. The molecule has 0 aromatic carbocycles. The first kappa shape index (κ1) is 17.6. The van der Waals surface area contributed by atoms with Gasteiger partial charge >= 0.3 is 0 Å². The van der Waals surface area contributed by atoms with E-state index in [1.165, 1.54) is 0 Å². The molecular weight excluding hydrogens is 276 g/mol. The third-order valence-electron chi connectivity index (χ3n) is 3.94. The van der Waals surface area contributed by atoms with Gasteiger partial charge in [-0.3, -0.25) is 0 Å². The van der Waals surface area contributed by atoms with Gasteiger partial charge in [-0.05, 0) is 19.3 Å². The number of pyridine rings is 1. The van der Waals surface area contributed by atoms with Gasteiger partial charge in [0.25, 0.3) is 0 Å². The maximum atomic E-state index is 13.8. The van der Waals surface area contributed by atoms with E-state index in [-0.39, 0.29) is 23.7 Å². The van der Waals surface area contributed by atoms with Crippen molar-refractivity contribution in [1.29, 1.82) is 0 Å². The first-order valence-electron chi connectivity index (χ1n) is 7.46. The smallest absolute Gasteiger partial charge is 0.168 e. The summed E-state index contributed by atoms with van der Waals surface area (Å²) in [6.07, 6.45) is 2.34. The highest BCUT2D eigenvalue weighted by molar-refractivity contribution is 5.47. The zero-order valence-electron chi connectivity index (χ0n) is 13.0. The fourth-order valence-corrected chi connectivity index (χ4v) is 2.01. The Hall–Kier alpha value is -1.43. The minimum Gasteiger partial charge on any atom is -0.396 e. The van der Waals surface area contributed by atoms with Crippen LogP contribution in [0.2, 0.25) is 0 Å². The highest BCUT2D eigenvalue weighted by Gasteiger charge is 2.25. The van der Waals surface area contributed by atoms with Gasteiger partial charge in [0.15, 0.2) is 23.3 Å². The minimum atomic E-state index is -0.728. The van der Waals surface area contributed by atoms with Crippen LogP contribution in [0.4, 0.5) is 20.4 Å². The second-order valence-electron chi connectivity index (χ2n) is 5.29. The zero-order valence-corrected chi connectivity index (χ0v) is 13.0. The van der Waals surface area contributed by atoms with Gasteiger partial charge in [0.2, 0.25) is 0 Å². The molecule has 0 fully saturated rings. The number of anilines is 2. The van der Waals surface area contributed by atoms with E-state index in [0.717, 1.165) is 25.3 Å². The van der Waals surface area contributed by atoms with Gasteiger partial charge in [-0.25, -0.2) is 13.8 Å². The summed E-state index contributed by atoms with van der Waals surface area (Å²) in [6.45, 7) is 6.87. The molecule has 3 N–H and O–H groups in total. The van der Waals surface area contributed by atoms with Gasteiger partial charge < -0.3 is 15.7 Å². The molecule has 0 saturated carbocycles. The Balaban J connectivity index is 2.87. The van der Waals surface area contributed by atoms with Crippen molar-refractivity contribution >= 4 is 11.6 Å². The largest absolute Gasteiger partial charge is 0.396 e. The van der Waals surface area contributed by atoms with Crippen LogP contribution in [0, 0.1) is 17.0 Å². The van der Waals surface area contributed by atoms with E-state index in [0.29, 0.717) is 13.1 Å². The number of hydrogen-bond acceptors (Lipinski definition) is 4. The summed E-state index contributed by atoms with van der Waals surface area (Å²) < 4.78 is 27.4.